The molecule has 0 aliphatic carbocycles. The maximum absolute atomic E-state index is 12.3. The van der Waals surface area contributed by atoms with Gasteiger partial charge in [-0.15, -0.1) is 0 Å². The molecule has 0 bridgehead atoms. The second-order valence-electron chi connectivity index (χ2n) is 3.75. The minimum atomic E-state index is -1.21. The molecule has 0 radical (unpaired) electrons. The smallest absolute Gasteiger partial charge is 0.152 e. The van der Waals surface area contributed by atoms with Gasteiger partial charge in [-0.05, 0) is 36.4 Å². The number of hydrogen-bond acceptors (Lipinski definition) is 3. The second-order valence-corrected chi connectivity index (χ2v) is 5.27. The summed E-state index contributed by atoms with van der Waals surface area (Å²) in [4.78, 5) is 0.779. The van der Waals surface area contributed by atoms with Crippen LogP contribution in [0.5, 0.6) is 0 Å². The highest BCUT2D eigenvalue weighted by Crippen LogP contribution is 2.20. The topological polar surface area (TPSA) is 58.4 Å². The number of rotatable bonds is 4. The molecule has 0 aliphatic rings. The van der Waals surface area contributed by atoms with E-state index in [1.807, 2.05) is 54.6 Å². The van der Waals surface area contributed by atoms with E-state index in [-0.39, 0.29) is 0 Å². The van der Waals surface area contributed by atoms with Gasteiger partial charge in [-0.3, -0.25) is 10.1 Å². The highest BCUT2D eigenvalue weighted by Gasteiger charge is 2.10. The van der Waals surface area contributed by atoms with Gasteiger partial charge in [0.05, 0.1) is 4.90 Å². The van der Waals surface area contributed by atoms with Gasteiger partial charge < -0.3 is 5.43 Å². The highest BCUT2D eigenvalue weighted by molar-refractivity contribution is 7.86. The first-order valence-corrected chi connectivity index (χ1v) is 6.60. The lowest BCUT2D eigenvalue weighted by Gasteiger charge is -2.18. The third-order valence-electron chi connectivity index (χ3n) is 2.59. The van der Waals surface area contributed by atoms with E-state index in [1.54, 1.807) is 11.4 Å². The fourth-order valence-electron chi connectivity index (χ4n) is 1.56. The summed E-state index contributed by atoms with van der Waals surface area (Å²) >= 11 is 0. The molecule has 3 N–H and O–H groups in total. The van der Waals surface area contributed by atoms with Crippen molar-refractivity contribution >= 4 is 22.4 Å². The predicted octanol–water partition coefficient (Wildman–Crippen LogP) is 2.13. The Morgan fingerprint density at radius 2 is 1.67 bits per heavy atom. The van der Waals surface area contributed by atoms with Gasteiger partial charge in [0.25, 0.3) is 0 Å². The van der Waals surface area contributed by atoms with Crippen molar-refractivity contribution in [1.29, 1.82) is 0 Å². The first kappa shape index (κ1) is 12.6. The van der Waals surface area contributed by atoms with Crippen LogP contribution in [0.2, 0.25) is 0 Å². The third-order valence-corrected chi connectivity index (χ3v) is 3.97. The quantitative estimate of drug-likeness (QED) is 0.655. The Morgan fingerprint density at radius 1 is 1.06 bits per heavy atom. The lowest BCUT2D eigenvalue weighted by molar-refractivity contribution is 0.682. The number of anilines is 2. The largest absolute Gasteiger partial charge is 0.324 e. The van der Waals surface area contributed by atoms with Crippen LogP contribution in [0.3, 0.4) is 0 Å². The number of nitrogens with two attached hydrogens (primary N) is 1. The molecule has 2 aromatic carbocycles. The van der Waals surface area contributed by atoms with Crippen LogP contribution in [0.15, 0.2) is 59.5 Å². The normalized spacial score (nSPS) is 11.9. The zero-order valence-corrected chi connectivity index (χ0v) is 10.9. The van der Waals surface area contributed by atoms with Crippen molar-refractivity contribution in [3.05, 3.63) is 54.6 Å². The van der Waals surface area contributed by atoms with E-state index in [1.165, 1.54) is 0 Å². The van der Waals surface area contributed by atoms with Crippen LogP contribution in [-0.2, 0) is 11.0 Å². The molecule has 2 rings (SSSR count). The summed E-state index contributed by atoms with van der Waals surface area (Å²) in [6, 6.07) is 16.8. The van der Waals surface area contributed by atoms with E-state index in [9.17, 15) is 4.21 Å². The van der Waals surface area contributed by atoms with Crippen molar-refractivity contribution in [2.75, 3.05) is 16.8 Å². The van der Waals surface area contributed by atoms with E-state index in [0.29, 0.717) is 0 Å². The maximum Gasteiger partial charge on any atom is 0.152 e. The number of nitrogens with one attached hydrogen (secondary N) is 1. The predicted molar refractivity (Wildman–Crippen MR) is 75.5 cm³/mol. The summed E-state index contributed by atoms with van der Waals surface area (Å²) < 4.78 is 14.0. The van der Waals surface area contributed by atoms with Crippen LogP contribution in [0.1, 0.15) is 0 Å². The standard InChI is InChI=1S/C13H15N3OS/c1-16(12-9-7-11(15-14)8-10-12)18(17)13-5-3-2-4-6-13/h2-10,15H,14H2,1H3. The Morgan fingerprint density at radius 3 is 2.22 bits per heavy atom. The Kier molecular flexibility index (Phi) is 3.96. The summed E-state index contributed by atoms with van der Waals surface area (Å²) in [7, 11) is 0.594. The molecule has 1 unspecified atom stereocenters. The highest BCUT2D eigenvalue weighted by atomic mass is 32.2. The van der Waals surface area contributed by atoms with Crippen LogP contribution >= 0.6 is 0 Å². The Bertz CT molecular complexity index is 528. The van der Waals surface area contributed by atoms with Gasteiger partial charge in [0.15, 0.2) is 11.0 Å². The van der Waals surface area contributed by atoms with E-state index in [0.717, 1.165) is 16.3 Å². The van der Waals surface area contributed by atoms with Gasteiger partial charge in [0.2, 0.25) is 0 Å². The Hall–Kier alpha value is -1.85. The first-order valence-electron chi connectivity index (χ1n) is 5.49. The first-order chi connectivity index (χ1) is 8.72. The van der Waals surface area contributed by atoms with Crippen molar-refractivity contribution < 1.29 is 4.21 Å². The van der Waals surface area contributed by atoms with E-state index >= 15 is 0 Å². The maximum atomic E-state index is 12.3. The molecule has 0 saturated heterocycles. The van der Waals surface area contributed by atoms with Gasteiger partial charge in [-0.25, -0.2) is 4.21 Å². The van der Waals surface area contributed by atoms with Gasteiger partial charge in [-0.1, -0.05) is 18.2 Å². The number of hydrazine groups is 1. The molecule has 1 atom stereocenters. The number of hydrogen-bond donors (Lipinski definition) is 2. The minimum Gasteiger partial charge on any atom is -0.324 e. The van der Waals surface area contributed by atoms with E-state index < -0.39 is 11.0 Å². The molecule has 0 aromatic heterocycles. The molecular formula is C13H15N3OS. The summed E-state index contributed by atoms with van der Waals surface area (Å²) in [6.45, 7) is 0. The monoisotopic (exact) mass is 261 g/mol. The number of benzene rings is 2. The third kappa shape index (κ3) is 2.69. The van der Waals surface area contributed by atoms with Crippen molar-refractivity contribution in [3.63, 3.8) is 0 Å². The minimum absolute atomic E-state index is 0.779. The van der Waals surface area contributed by atoms with Crippen molar-refractivity contribution in [3.8, 4) is 0 Å². The van der Waals surface area contributed by atoms with Crippen LogP contribution in [0.4, 0.5) is 11.4 Å². The van der Waals surface area contributed by atoms with Crippen LogP contribution in [-0.4, -0.2) is 11.3 Å². The molecule has 18 heavy (non-hydrogen) atoms. The summed E-state index contributed by atoms with van der Waals surface area (Å²) in [5.74, 6) is 5.30. The average molecular weight is 261 g/mol. The molecular weight excluding hydrogens is 246 g/mol. The molecule has 0 saturated carbocycles. The number of nitrogens with zero attached hydrogens (tertiary/aromatic N) is 1. The van der Waals surface area contributed by atoms with Crippen LogP contribution in [0.25, 0.3) is 0 Å². The molecule has 0 spiro atoms. The summed E-state index contributed by atoms with van der Waals surface area (Å²) in [5, 5.41) is 0. The van der Waals surface area contributed by atoms with Gasteiger partial charge in [-0.2, -0.15) is 0 Å². The van der Waals surface area contributed by atoms with Crippen molar-refractivity contribution in [2.45, 2.75) is 4.90 Å². The molecule has 0 amide bonds. The zero-order valence-electron chi connectivity index (χ0n) is 10.0. The number of nitrogen functional groups attached to an aromatic ring is 1. The van der Waals surface area contributed by atoms with Gasteiger partial charge in [0.1, 0.15) is 0 Å². The Balaban J connectivity index is 2.20. The van der Waals surface area contributed by atoms with E-state index in [4.69, 9.17) is 5.84 Å². The molecule has 0 aliphatic heterocycles. The van der Waals surface area contributed by atoms with E-state index in [2.05, 4.69) is 5.43 Å². The fourth-order valence-corrected chi connectivity index (χ4v) is 2.58. The van der Waals surface area contributed by atoms with Gasteiger partial charge in [0, 0.05) is 18.4 Å². The van der Waals surface area contributed by atoms with Crippen molar-refractivity contribution in [2.24, 2.45) is 5.84 Å². The summed E-state index contributed by atoms with van der Waals surface area (Å²) in [5.41, 5.74) is 4.25. The average Bonchev–Trinajstić information content (AvgIpc) is 2.47. The van der Waals surface area contributed by atoms with Gasteiger partial charge >= 0.3 is 0 Å². The second kappa shape index (κ2) is 5.66. The molecule has 94 valence electrons. The lowest BCUT2D eigenvalue weighted by atomic mass is 10.3. The Labute approximate surface area is 109 Å². The SMILES string of the molecule is CN(c1ccc(NN)cc1)S(=O)c1ccccc1. The van der Waals surface area contributed by atoms with Crippen molar-refractivity contribution in [1.82, 2.24) is 0 Å². The molecule has 2 aromatic rings. The molecule has 4 nitrogen and oxygen atoms in total. The molecule has 0 fully saturated rings. The fraction of sp³-hybridized carbons (Fsp3) is 0.0769. The van der Waals surface area contributed by atoms with Crippen LogP contribution in [0, 0.1) is 0 Å². The molecule has 5 heteroatoms. The lowest BCUT2D eigenvalue weighted by Crippen LogP contribution is -2.20. The van der Waals surface area contributed by atoms with Crippen LogP contribution < -0.4 is 15.6 Å². The summed E-state index contributed by atoms with van der Waals surface area (Å²) in [6.07, 6.45) is 0. The zero-order chi connectivity index (χ0) is 13.0. The molecule has 0 heterocycles.